The van der Waals surface area contributed by atoms with Crippen molar-refractivity contribution in [1.29, 1.82) is 0 Å². The first-order chi connectivity index (χ1) is 7.29. The molecule has 1 atom stereocenters. The van der Waals surface area contributed by atoms with E-state index in [2.05, 4.69) is 0 Å². The van der Waals surface area contributed by atoms with Crippen molar-refractivity contribution in [1.82, 2.24) is 0 Å². The molecule has 5 heteroatoms. The van der Waals surface area contributed by atoms with Crippen molar-refractivity contribution in [3.05, 3.63) is 0 Å². The molecule has 4 nitrogen and oxygen atoms in total. The summed E-state index contributed by atoms with van der Waals surface area (Å²) in [5.74, 6) is 0. The Morgan fingerprint density at radius 3 is 1.88 bits per heavy atom. The van der Waals surface area contributed by atoms with Crippen LogP contribution in [0.25, 0.3) is 0 Å². The van der Waals surface area contributed by atoms with Gasteiger partial charge in [0.05, 0.1) is 24.5 Å². The van der Waals surface area contributed by atoms with E-state index in [0.717, 1.165) is 6.42 Å². The lowest BCUT2D eigenvalue weighted by atomic mass is 10.2. The molecule has 1 unspecified atom stereocenters. The third kappa shape index (κ3) is 7.39. The van der Waals surface area contributed by atoms with Gasteiger partial charge >= 0.3 is 7.60 Å². The van der Waals surface area contributed by atoms with E-state index in [1.54, 1.807) is 0 Å². The molecule has 16 heavy (non-hydrogen) atoms. The third-order valence-electron chi connectivity index (χ3n) is 1.80. The van der Waals surface area contributed by atoms with Gasteiger partial charge in [-0.25, -0.2) is 0 Å². The van der Waals surface area contributed by atoms with Gasteiger partial charge < -0.3 is 14.2 Å². The minimum atomic E-state index is -3.17. The first-order valence-electron chi connectivity index (χ1n) is 5.93. The standard InChI is InChI=1S/C11H25O4P/c1-6-7-11(12)8-16(13,14-9(2)3)15-10(4)5/h9-12H,6-8H2,1-5H3. The average molecular weight is 252 g/mol. The zero-order valence-corrected chi connectivity index (χ0v) is 11.9. The Morgan fingerprint density at radius 2 is 1.56 bits per heavy atom. The van der Waals surface area contributed by atoms with Gasteiger partial charge in [-0.05, 0) is 34.1 Å². The fourth-order valence-corrected chi connectivity index (χ4v) is 3.64. The van der Waals surface area contributed by atoms with Gasteiger partial charge in [-0.3, -0.25) is 4.57 Å². The van der Waals surface area contributed by atoms with Gasteiger partial charge in [-0.2, -0.15) is 0 Å². The van der Waals surface area contributed by atoms with Crippen molar-refractivity contribution in [2.24, 2.45) is 0 Å². The smallest absolute Gasteiger partial charge is 0.333 e. The van der Waals surface area contributed by atoms with Crippen molar-refractivity contribution in [2.45, 2.75) is 65.8 Å². The quantitative estimate of drug-likeness (QED) is 0.674. The second-order valence-electron chi connectivity index (χ2n) is 4.54. The lowest BCUT2D eigenvalue weighted by Gasteiger charge is -2.24. The first-order valence-corrected chi connectivity index (χ1v) is 7.65. The Hall–Kier alpha value is 0.110. The highest BCUT2D eigenvalue weighted by molar-refractivity contribution is 7.53. The Kier molecular flexibility index (Phi) is 7.49. The summed E-state index contributed by atoms with van der Waals surface area (Å²) in [6.45, 7) is 9.21. The first kappa shape index (κ1) is 16.1. The summed E-state index contributed by atoms with van der Waals surface area (Å²) in [4.78, 5) is 0. The van der Waals surface area contributed by atoms with E-state index in [4.69, 9.17) is 9.05 Å². The highest BCUT2D eigenvalue weighted by Gasteiger charge is 2.30. The molecule has 0 saturated heterocycles. The van der Waals surface area contributed by atoms with E-state index >= 15 is 0 Å². The van der Waals surface area contributed by atoms with Crippen LogP contribution in [0.3, 0.4) is 0 Å². The molecule has 0 amide bonds. The lowest BCUT2D eigenvalue weighted by molar-refractivity contribution is 0.123. The van der Waals surface area contributed by atoms with Crippen LogP contribution in [0.5, 0.6) is 0 Å². The van der Waals surface area contributed by atoms with Crippen LogP contribution >= 0.6 is 7.60 Å². The van der Waals surface area contributed by atoms with Gasteiger partial charge in [0.25, 0.3) is 0 Å². The van der Waals surface area contributed by atoms with Gasteiger partial charge in [-0.15, -0.1) is 0 Å². The second-order valence-corrected chi connectivity index (χ2v) is 6.55. The summed E-state index contributed by atoms with van der Waals surface area (Å²) in [5.41, 5.74) is 0. The zero-order valence-electron chi connectivity index (χ0n) is 11.0. The molecule has 98 valence electrons. The van der Waals surface area contributed by atoms with Crippen molar-refractivity contribution in [3.63, 3.8) is 0 Å². The molecule has 0 radical (unpaired) electrons. The maximum Gasteiger partial charge on any atom is 0.333 e. The highest BCUT2D eigenvalue weighted by Crippen LogP contribution is 2.51. The molecule has 0 bridgehead atoms. The molecule has 0 rings (SSSR count). The second kappa shape index (κ2) is 7.44. The van der Waals surface area contributed by atoms with Crippen LogP contribution in [0.1, 0.15) is 47.5 Å². The normalized spacial score (nSPS) is 14.8. The van der Waals surface area contributed by atoms with Gasteiger partial charge in [-0.1, -0.05) is 13.3 Å². The number of hydrogen-bond acceptors (Lipinski definition) is 4. The summed E-state index contributed by atoms with van der Waals surface area (Å²) in [5, 5.41) is 9.68. The molecule has 0 aromatic rings. The van der Waals surface area contributed by atoms with Crippen molar-refractivity contribution in [3.8, 4) is 0 Å². The molecule has 0 spiro atoms. The van der Waals surface area contributed by atoms with Gasteiger partial charge in [0, 0.05) is 0 Å². The van der Waals surface area contributed by atoms with Crippen LogP contribution in [-0.4, -0.2) is 29.6 Å². The number of hydrogen-bond donors (Lipinski definition) is 1. The van der Waals surface area contributed by atoms with E-state index in [1.165, 1.54) is 0 Å². The molecule has 1 N–H and O–H groups in total. The molecule has 0 fully saturated rings. The van der Waals surface area contributed by atoms with Gasteiger partial charge in [0.2, 0.25) is 0 Å². The summed E-state index contributed by atoms with van der Waals surface area (Å²) in [6, 6.07) is 0. The number of rotatable bonds is 8. The van der Waals surface area contributed by atoms with Crippen LogP contribution in [0.15, 0.2) is 0 Å². The molecule has 0 saturated carbocycles. The molecule has 0 aliphatic heterocycles. The third-order valence-corrected chi connectivity index (χ3v) is 4.15. The van der Waals surface area contributed by atoms with Crippen LogP contribution in [0.4, 0.5) is 0 Å². The topological polar surface area (TPSA) is 55.8 Å². The summed E-state index contributed by atoms with van der Waals surface area (Å²) < 4.78 is 23.0. The zero-order chi connectivity index (χ0) is 12.8. The van der Waals surface area contributed by atoms with Crippen LogP contribution in [0, 0.1) is 0 Å². The number of aliphatic hydroxyl groups excluding tert-OH is 1. The predicted octanol–water partition coefficient (Wildman–Crippen LogP) is 3.19. The lowest BCUT2D eigenvalue weighted by Crippen LogP contribution is -2.18. The largest absolute Gasteiger partial charge is 0.392 e. The van der Waals surface area contributed by atoms with E-state index in [1.807, 2.05) is 34.6 Å². The predicted molar refractivity (Wildman–Crippen MR) is 65.8 cm³/mol. The summed E-state index contributed by atoms with van der Waals surface area (Å²) in [7, 11) is -3.17. The maximum absolute atomic E-state index is 12.3. The Bertz CT molecular complexity index is 214. The van der Waals surface area contributed by atoms with E-state index in [9.17, 15) is 9.67 Å². The molecule has 0 aliphatic rings. The van der Waals surface area contributed by atoms with Crippen molar-refractivity contribution in [2.75, 3.05) is 6.16 Å². The molecular formula is C11H25O4P. The molecule has 0 heterocycles. The average Bonchev–Trinajstić information content (AvgIpc) is 1.98. The Labute approximate surface area is 98.9 Å². The summed E-state index contributed by atoms with van der Waals surface area (Å²) in [6.07, 6.45) is 0.597. The van der Waals surface area contributed by atoms with Crippen LogP contribution in [0.2, 0.25) is 0 Å². The van der Waals surface area contributed by atoms with Crippen molar-refractivity contribution >= 4 is 7.60 Å². The van der Waals surface area contributed by atoms with Crippen molar-refractivity contribution < 1.29 is 18.7 Å². The minimum absolute atomic E-state index is 0.0806. The SMILES string of the molecule is CCCC(O)CP(=O)(OC(C)C)OC(C)C. The van der Waals surface area contributed by atoms with E-state index in [0.29, 0.717) is 6.42 Å². The number of aliphatic hydroxyl groups is 1. The molecular weight excluding hydrogens is 227 g/mol. The van der Waals surface area contributed by atoms with Gasteiger partial charge in [0.1, 0.15) is 0 Å². The molecule has 0 aliphatic carbocycles. The van der Waals surface area contributed by atoms with Gasteiger partial charge in [0.15, 0.2) is 0 Å². The Morgan fingerprint density at radius 1 is 1.12 bits per heavy atom. The van der Waals surface area contributed by atoms with Crippen LogP contribution in [-0.2, 0) is 13.6 Å². The highest BCUT2D eigenvalue weighted by atomic mass is 31.2. The molecule has 0 aromatic heterocycles. The molecule has 0 aromatic carbocycles. The van der Waals surface area contributed by atoms with E-state index in [-0.39, 0.29) is 18.4 Å². The van der Waals surface area contributed by atoms with Crippen LogP contribution < -0.4 is 0 Å². The fourth-order valence-electron chi connectivity index (χ4n) is 1.44. The van der Waals surface area contributed by atoms with E-state index < -0.39 is 13.7 Å². The fraction of sp³-hybridized carbons (Fsp3) is 1.00. The minimum Gasteiger partial charge on any atom is -0.392 e. The maximum atomic E-state index is 12.3. The Balaban J connectivity index is 4.46. The summed E-state index contributed by atoms with van der Waals surface area (Å²) >= 11 is 0. The monoisotopic (exact) mass is 252 g/mol.